The maximum atomic E-state index is 12.8. The van der Waals surface area contributed by atoms with Gasteiger partial charge in [0.1, 0.15) is 22.8 Å². The maximum absolute atomic E-state index is 12.8. The smallest absolute Gasteiger partial charge is 0.339 e. The Bertz CT molecular complexity index is 1410. The van der Waals surface area contributed by atoms with Crippen LogP contribution < -0.4 is 9.47 Å². The minimum absolute atomic E-state index is 0.0582. The highest BCUT2D eigenvalue weighted by Gasteiger charge is 2.18. The Morgan fingerprint density at radius 2 is 1.47 bits per heavy atom. The van der Waals surface area contributed by atoms with Crippen molar-refractivity contribution in [2.45, 2.75) is 16.7 Å². The number of aryl methyl sites for hydroxylation is 1. The summed E-state index contributed by atoms with van der Waals surface area (Å²) < 4.78 is 36.9. The molecule has 0 saturated carbocycles. The molecular formula is C25H20O6S. The Balaban J connectivity index is 1.66. The fourth-order valence-electron chi connectivity index (χ4n) is 3.37. The number of hydrogen-bond acceptors (Lipinski definition) is 5. The first-order valence-corrected chi connectivity index (χ1v) is 11.2. The lowest BCUT2D eigenvalue weighted by atomic mass is 10.0. The fraction of sp³-hybridized carbons (Fsp3) is 0.0800. The molecule has 4 aromatic carbocycles. The third kappa shape index (κ3) is 4.02. The molecule has 0 saturated heterocycles. The van der Waals surface area contributed by atoms with Gasteiger partial charge >= 0.3 is 5.97 Å². The second kappa shape index (κ2) is 8.36. The summed E-state index contributed by atoms with van der Waals surface area (Å²) in [4.78, 5) is 11.9. The van der Waals surface area contributed by atoms with Crippen LogP contribution >= 0.6 is 0 Å². The number of methoxy groups -OCH3 is 1. The van der Waals surface area contributed by atoms with Crippen molar-refractivity contribution in [2.24, 2.45) is 0 Å². The molecule has 0 spiro atoms. The van der Waals surface area contributed by atoms with Gasteiger partial charge in [-0.05, 0) is 66.9 Å². The van der Waals surface area contributed by atoms with Crippen LogP contribution in [0.4, 0.5) is 0 Å². The summed E-state index contributed by atoms with van der Waals surface area (Å²) in [6, 6.07) is 21.3. The van der Waals surface area contributed by atoms with Crippen LogP contribution in [0.2, 0.25) is 0 Å². The molecule has 0 aliphatic rings. The molecule has 7 heteroatoms. The maximum Gasteiger partial charge on any atom is 0.339 e. The van der Waals surface area contributed by atoms with Crippen molar-refractivity contribution in [3.8, 4) is 17.2 Å². The minimum atomic E-state index is -3.63. The number of carboxylic acids is 1. The molecule has 4 rings (SSSR count). The van der Waals surface area contributed by atoms with E-state index in [0.717, 1.165) is 5.56 Å². The van der Waals surface area contributed by atoms with Gasteiger partial charge in [-0.3, -0.25) is 0 Å². The largest absolute Gasteiger partial charge is 0.496 e. The molecule has 4 aromatic rings. The molecule has 0 aliphatic carbocycles. The summed E-state index contributed by atoms with van der Waals surface area (Å²) in [5.41, 5.74) is 1.04. The van der Waals surface area contributed by atoms with Crippen molar-refractivity contribution < 1.29 is 27.8 Å². The number of sulfone groups is 1. The lowest BCUT2D eigenvalue weighted by Gasteiger charge is -2.12. The zero-order valence-electron chi connectivity index (χ0n) is 17.4. The molecule has 0 radical (unpaired) electrons. The Kier molecular flexibility index (Phi) is 5.59. The van der Waals surface area contributed by atoms with E-state index in [1.54, 1.807) is 60.7 Å². The molecule has 0 atom stereocenters. The summed E-state index contributed by atoms with van der Waals surface area (Å²) >= 11 is 0. The Morgan fingerprint density at radius 1 is 0.844 bits per heavy atom. The van der Waals surface area contributed by atoms with Crippen LogP contribution in [0.25, 0.3) is 10.8 Å². The van der Waals surface area contributed by atoms with Crippen molar-refractivity contribution in [3.63, 3.8) is 0 Å². The van der Waals surface area contributed by atoms with Gasteiger partial charge < -0.3 is 14.6 Å². The van der Waals surface area contributed by atoms with Crippen molar-refractivity contribution in [1.82, 2.24) is 0 Å². The van der Waals surface area contributed by atoms with Crippen LogP contribution in [0.3, 0.4) is 0 Å². The Labute approximate surface area is 185 Å². The first-order valence-electron chi connectivity index (χ1n) is 9.73. The second-order valence-electron chi connectivity index (χ2n) is 7.22. The molecule has 0 unspecified atom stereocenters. The number of aromatic carboxylic acids is 1. The molecule has 0 bridgehead atoms. The van der Waals surface area contributed by atoms with E-state index < -0.39 is 15.8 Å². The highest BCUT2D eigenvalue weighted by atomic mass is 32.2. The van der Waals surface area contributed by atoms with E-state index in [0.29, 0.717) is 22.3 Å². The summed E-state index contributed by atoms with van der Waals surface area (Å²) in [5, 5.41) is 10.7. The summed E-state index contributed by atoms with van der Waals surface area (Å²) in [5.74, 6) is 0.0783. The topological polar surface area (TPSA) is 89.9 Å². The number of rotatable bonds is 6. The van der Waals surface area contributed by atoms with Gasteiger partial charge in [0.25, 0.3) is 0 Å². The molecule has 0 heterocycles. The summed E-state index contributed by atoms with van der Waals surface area (Å²) in [6.07, 6.45) is 0. The van der Waals surface area contributed by atoms with Crippen LogP contribution in [0.5, 0.6) is 17.2 Å². The molecule has 0 aromatic heterocycles. The number of ether oxygens (including phenoxy) is 2. The van der Waals surface area contributed by atoms with Gasteiger partial charge in [-0.15, -0.1) is 0 Å². The zero-order valence-corrected chi connectivity index (χ0v) is 18.2. The standard InChI is InChI=1S/C25H20O6S/c1-16-6-10-19(11-7-16)32(28,29)20-12-8-18(9-13-20)31-23-5-3-4-17-14-22(25(26)27)24(30-2)15-21(17)23/h3-15H,1-2H3,(H,26,27). The molecule has 0 amide bonds. The highest BCUT2D eigenvalue weighted by Crippen LogP contribution is 2.35. The summed E-state index contributed by atoms with van der Waals surface area (Å²) in [6.45, 7) is 1.90. The molecule has 6 nitrogen and oxygen atoms in total. The first-order chi connectivity index (χ1) is 15.3. The first kappa shape index (κ1) is 21.4. The van der Waals surface area contributed by atoms with Gasteiger partial charge in [0.2, 0.25) is 9.84 Å². The highest BCUT2D eigenvalue weighted by molar-refractivity contribution is 7.91. The van der Waals surface area contributed by atoms with Crippen molar-refractivity contribution in [1.29, 1.82) is 0 Å². The van der Waals surface area contributed by atoms with E-state index in [1.165, 1.54) is 25.3 Å². The van der Waals surface area contributed by atoms with Crippen LogP contribution in [0.1, 0.15) is 15.9 Å². The molecule has 32 heavy (non-hydrogen) atoms. The Hall–Kier alpha value is -3.84. The van der Waals surface area contributed by atoms with Gasteiger partial charge in [-0.1, -0.05) is 29.8 Å². The quantitative estimate of drug-likeness (QED) is 0.420. The predicted octanol–water partition coefficient (Wildman–Crippen LogP) is 5.48. The van der Waals surface area contributed by atoms with Crippen LogP contribution in [-0.2, 0) is 9.84 Å². The molecule has 1 N–H and O–H groups in total. The minimum Gasteiger partial charge on any atom is -0.496 e. The molecule has 0 fully saturated rings. The fourth-order valence-corrected chi connectivity index (χ4v) is 4.63. The SMILES string of the molecule is COc1cc2c(Oc3ccc(S(=O)(=O)c4ccc(C)cc4)cc3)cccc2cc1C(=O)O. The average Bonchev–Trinajstić information content (AvgIpc) is 2.79. The number of fused-ring (bicyclic) bond motifs is 1. The van der Waals surface area contributed by atoms with E-state index in [2.05, 4.69) is 0 Å². The molecule has 0 aliphatic heterocycles. The van der Waals surface area contributed by atoms with Gasteiger partial charge in [-0.2, -0.15) is 0 Å². The average molecular weight is 448 g/mol. The van der Waals surface area contributed by atoms with E-state index in [9.17, 15) is 18.3 Å². The van der Waals surface area contributed by atoms with Gasteiger partial charge in [-0.25, -0.2) is 13.2 Å². The van der Waals surface area contributed by atoms with Crippen molar-refractivity contribution in [2.75, 3.05) is 7.11 Å². The second-order valence-corrected chi connectivity index (χ2v) is 9.17. The van der Waals surface area contributed by atoms with Crippen LogP contribution in [0, 0.1) is 6.92 Å². The van der Waals surface area contributed by atoms with Crippen LogP contribution in [0.15, 0.2) is 88.7 Å². The van der Waals surface area contributed by atoms with Crippen molar-refractivity contribution in [3.05, 3.63) is 90.0 Å². The zero-order chi connectivity index (χ0) is 22.9. The van der Waals surface area contributed by atoms with Crippen LogP contribution in [-0.4, -0.2) is 26.6 Å². The number of carbonyl (C=O) groups is 1. The normalized spacial score (nSPS) is 11.3. The summed E-state index contributed by atoms with van der Waals surface area (Å²) in [7, 11) is -2.22. The number of carboxylic acid groups (broad SMARTS) is 1. The number of hydrogen-bond donors (Lipinski definition) is 1. The third-order valence-corrected chi connectivity index (χ3v) is 6.87. The Morgan fingerprint density at radius 3 is 2.06 bits per heavy atom. The number of benzene rings is 4. The van der Waals surface area contributed by atoms with Gasteiger partial charge in [0.05, 0.1) is 16.9 Å². The predicted molar refractivity (Wildman–Crippen MR) is 121 cm³/mol. The van der Waals surface area contributed by atoms with Crippen molar-refractivity contribution >= 4 is 26.6 Å². The van der Waals surface area contributed by atoms with E-state index in [1.807, 2.05) is 6.92 Å². The van der Waals surface area contributed by atoms with E-state index in [-0.39, 0.29) is 21.1 Å². The van der Waals surface area contributed by atoms with Gasteiger partial charge in [0.15, 0.2) is 0 Å². The van der Waals surface area contributed by atoms with E-state index >= 15 is 0 Å². The lowest BCUT2D eigenvalue weighted by molar-refractivity contribution is 0.0693. The monoisotopic (exact) mass is 448 g/mol. The lowest BCUT2D eigenvalue weighted by Crippen LogP contribution is -2.02. The third-order valence-electron chi connectivity index (χ3n) is 5.08. The van der Waals surface area contributed by atoms with E-state index in [4.69, 9.17) is 9.47 Å². The van der Waals surface area contributed by atoms with Gasteiger partial charge in [0, 0.05) is 5.39 Å². The molecule has 162 valence electrons. The molecular weight excluding hydrogens is 428 g/mol.